The minimum Gasteiger partial charge on any atom is -0.381 e. The van der Waals surface area contributed by atoms with Gasteiger partial charge in [0.05, 0.1) is 11.1 Å². The topological polar surface area (TPSA) is 53.1 Å². The van der Waals surface area contributed by atoms with Crippen LogP contribution < -0.4 is 9.80 Å². The van der Waals surface area contributed by atoms with Gasteiger partial charge in [0, 0.05) is 57.5 Å². The number of rotatable bonds is 3. The van der Waals surface area contributed by atoms with Crippen LogP contribution in [0.2, 0.25) is 0 Å². The lowest BCUT2D eigenvalue weighted by Gasteiger charge is -2.41. The molecule has 30 heavy (non-hydrogen) atoms. The molecule has 0 unspecified atom stereocenters. The molecule has 0 saturated carbocycles. The summed E-state index contributed by atoms with van der Waals surface area (Å²) in [5.41, 5.74) is 0.780. The van der Waals surface area contributed by atoms with Crippen LogP contribution in [0.3, 0.4) is 0 Å². The van der Waals surface area contributed by atoms with Crippen molar-refractivity contribution in [1.29, 1.82) is 0 Å². The van der Waals surface area contributed by atoms with Gasteiger partial charge in [-0.05, 0) is 56.7 Å². The number of anilines is 2. The van der Waals surface area contributed by atoms with Crippen LogP contribution in [0.5, 0.6) is 0 Å². The number of hydrogen-bond donors (Lipinski definition) is 0. The van der Waals surface area contributed by atoms with Crippen molar-refractivity contribution in [3.8, 4) is 0 Å². The summed E-state index contributed by atoms with van der Waals surface area (Å²) in [6, 6.07) is 5.39. The fourth-order valence-corrected chi connectivity index (χ4v) is 5.75. The zero-order valence-electron chi connectivity index (χ0n) is 17.4. The van der Waals surface area contributed by atoms with Crippen molar-refractivity contribution >= 4 is 23.2 Å². The Morgan fingerprint density at radius 2 is 1.87 bits per heavy atom. The normalized spacial score (nSPS) is 28.2. The van der Waals surface area contributed by atoms with Crippen LogP contribution >= 0.6 is 0 Å². The molecule has 1 spiro atoms. The summed E-state index contributed by atoms with van der Waals surface area (Å²) >= 11 is 0. The third-order valence-electron chi connectivity index (χ3n) is 7.41. The molecule has 6 nitrogen and oxygen atoms in total. The van der Waals surface area contributed by atoms with Gasteiger partial charge < -0.3 is 19.4 Å². The van der Waals surface area contributed by atoms with Crippen molar-refractivity contribution in [2.75, 3.05) is 49.2 Å². The highest BCUT2D eigenvalue weighted by Gasteiger charge is 2.50. The monoisotopic (exact) mass is 415 g/mol. The standard InChI is InChI=1S/C23H30FN3O3/c24-19-15-18(26-11-1-3-21(26)28)4-5-20(19)25-10-2-8-23(16-25)9-12-27(22(23)29)17-6-13-30-14-7-17/h4-5,15,17H,1-3,6-14,16H2/t23-/m0/s1. The van der Waals surface area contributed by atoms with Crippen molar-refractivity contribution in [1.82, 2.24) is 4.90 Å². The third-order valence-corrected chi connectivity index (χ3v) is 7.41. The first-order chi connectivity index (χ1) is 14.6. The maximum Gasteiger partial charge on any atom is 0.230 e. The van der Waals surface area contributed by atoms with Gasteiger partial charge in [0.15, 0.2) is 0 Å². The molecule has 4 heterocycles. The van der Waals surface area contributed by atoms with E-state index in [1.165, 1.54) is 6.07 Å². The van der Waals surface area contributed by atoms with Crippen LogP contribution in [0.4, 0.5) is 15.8 Å². The Kier molecular flexibility index (Phi) is 5.17. The number of piperidine rings is 1. The number of nitrogens with zero attached hydrogens (tertiary/aromatic N) is 3. The molecule has 0 N–H and O–H groups in total. The van der Waals surface area contributed by atoms with E-state index < -0.39 is 5.41 Å². The van der Waals surface area contributed by atoms with E-state index in [-0.39, 0.29) is 23.7 Å². The van der Waals surface area contributed by atoms with E-state index in [1.54, 1.807) is 11.0 Å². The SMILES string of the molecule is O=C1CCCN1c1ccc(N2CCC[C@]3(CCN(C4CCOCC4)C3=O)C2)c(F)c1. The summed E-state index contributed by atoms with van der Waals surface area (Å²) in [6.07, 6.45) is 5.80. The number of ether oxygens (including phenoxy) is 1. The Morgan fingerprint density at radius 3 is 2.60 bits per heavy atom. The third kappa shape index (κ3) is 3.37. The summed E-state index contributed by atoms with van der Waals surface area (Å²) in [5, 5.41) is 0. The second kappa shape index (κ2) is 7.84. The summed E-state index contributed by atoms with van der Waals surface area (Å²) < 4.78 is 20.5. The number of amides is 2. The van der Waals surface area contributed by atoms with Gasteiger partial charge in [-0.2, -0.15) is 0 Å². The molecule has 5 rings (SSSR count). The van der Waals surface area contributed by atoms with E-state index in [4.69, 9.17) is 4.74 Å². The quantitative estimate of drug-likeness (QED) is 0.762. The van der Waals surface area contributed by atoms with Crippen molar-refractivity contribution in [2.45, 2.75) is 51.0 Å². The molecule has 2 amide bonds. The fraction of sp³-hybridized carbons (Fsp3) is 0.652. The molecule has 1 atom stereocenters. The molecule has 0 radical (unpaired) electrons. The minimum absolute atomic E-state index is 0.0591. The first-order valence-corrected chi connectivity index (χ1v) is 11.3. The second-order valence-corrected chi connectivity index (χ2v) is 9.18. The molecule has 4 aliphatic heterocycles. The maximum absolute atomic E-state index is 15.1. The molecule has 4 saturated heterocycles. The Balaban J connectivity index is 1.33. The van der Waals surface area contributed by atoms with E-state index >= 15 is 4.39 Å². The number of benzene rings is 1. The molecule has 1 aromatic carbocycles. The highest BCUT2D eigenvalue weighted by molar-refractivity contribution is 5.95. The average molecular weight is 416 g/mol. The van der Waals surface area contributed by atoms with Gasteiger partial charge in [0.25, 0.3) is 0 Å². The highest BCUT2D eigenvalue weighted by Crippen LogP contribution is 2.43. The van der Waals surface area contributed by atoms with Gasteiger partial charge in [-0.15, -0.1) is 0 Å². The van der Waals surface area contributed by atoms with Gasteiger partial charge >= 0.3 is 0 Å². The molecule has 0 aromatic heterocycles. The second-order valence-electron chi connectivity index (χ2n) is 9.18. The van der Waals surface area contributed by atoms with Crippen LogP contribution in [-0.2, 0) is 14.3 Å². The van der Waals surface area contributed by atoms with Gasteiger partial charge in [-0.25, -0.2) is 4.39 Å². The van der Waals surface area contributed by atoms with Crippen molar-refractivity contribution < 1.29 is 18.7 Å². The molecule has 4 aliphatic rings. The van der Waals surface area contributed by atoms with Gasteiger partial charge in [-0.3, -0.25) is 9.59 Å². The lowest BCUT2D eigenvalue weighted by molar-refractivity contribution is -0.139. The zero-order chi connectivity index (χ0) is 20.7. The van der Waals surface area contributed by atoms with E-state index in [0.29, 0.717) is 30.9 Å². The van der Waals surface area contributed by atoms with Gasteiger partial charge in [-0.1, -0.05) is 0 Å². The van der Waals surface area contributed by atoms with E-state index in [1.807, 2.05) is 11.0 Å². The number of likely N-dealkylation sites (tertiary alicyclic amines) is 1. The molecular weight excluding hydrogens is 385 g/mol. The maximum atomic E-state index is 15.1. The Morgan fingerprint density at radius 1 is 1.03 bits per heavy atom. The zero-order valence-corrected chi connectivity index (χ0v) is 17.4. The molecule has 4 fully saturated rings. The number of hydrogen-bond acceptors (Lipinski definition) is 4. The van der Waals surface area contributed by atoms with Crippen LogP contribution in [-0.4, -0.2) is 62.1 Å². The average Bonchev–Trinajstić information content (AvgIpc) is 3.32. The van der Waals surface area contributed by atoms with Crippen LogP contribution in [0.15, 0.2) is 18.2 Å². The van der Waals surface area contributed by atoms with Crippen LogP contribution in [0.1, 0.15) is 44.9 Å². The number of carbonyl (C=O) groups excluding carboxylic acids is 2. The summed E-state index contributed by atoms with van der Waals surface area (Å²) in [5.74, 6) is -0.00129. The van der Waals surface area contributed by atoms with E-state index in [2.05, 4.69) is 4.90 Å². The number of halogens is 1. The molecule has 1 aromatic rings. The lowest BCUT2D eigenvalue weighted by atomic mass is 9.78. The summed E-state index contributed by atoms with van der Waals surface area (Å²) in [7, 11) is 0. The van der Waals surface area contributed by atoms with Gasteiger partial charge in [0.2, 0.25) is 11.8 Å². The molecule has 7 heteroatoms. The van der Waals surface area contributed by atoms with Crippen molar-refractivity contribution in [3.05, 3.63) is 24.0 Å². The van der Waals surface area contributed by atoms with Crippen molar-refractivity contribution in [2.24, 2.45) is 5.41 Å². The fourth-order valence-electron chi connectivity index (χ4n) is 5.75. The largest absolute Gasteiger partial charge is 0.381 e. The minimum atomic E-state index is -0.396. The smallest absolute Gasteiger partial charge is 0.230 e. The van der Waals surface area contributed by atoms with Crippen LogP contribution in [0, 0.1) is 11.2 Å². The first kappa shape index (κ1) is 19.8. The molecule has 0 bridgehead atoms. The lowest BCUT2D eigenvalue weighted by Crippen LogP contribution is -2.50. The Bertz CT molecular complexity index is 841. The molecular formula is C23H30FN3O3. The van der Waals surface area contributed by atoms with Crippen molar-refractivity contribution in [3.63, 3.8) is 0 Å². The summed E-state index contributed by atoms with van der Waals surface area (Å²) in [4.78, 5) is 31.2. The van der Waals surface area contributed by atoms with E-state index in [0.717, 1.165) is 64.8 Å². The molecule has 0 aliphatic carbocycles. The van der Waals surface area contributed by atoms with Crippen LogP contribution in [0.25, 0.3) is 0 Å². The predicted octanol–water partition coefficient (Wildman–Crippen LogP) is 2.95. The van der Waals surface area contributed by atoms with Gasteiger partial charge in [0.1, 0.15) is 5.82 Å². The molecule has 162 valence electrons. The summed E-state index contributed by atoms with van der Waals surface area (Å²) in [6.45, 7) is 4.24. The Labute approximate surface area is 176 Å². The van der Waals surface area contributed by atoms with E-state index in [9.17, 15) is 9.59 Å². The highest BCUT2D eigenvalue weighted by atomic mass is 19.1. The first-order valence-electron chi connectivity index (χ1n) is 11.3. The number of carbonyl (C=O) groups is 2. The Hall–Kier alpha value is -2.15. The predicted molar refractivity (Wildman–Crippen MR) is 112 cm³/mol.